The van der Waals surface area contributed by atoms with E-state index in [2.05, 4.69) is 19.9 Å². The third-order valence-electron chi connectivity index (χ3n) is 6.95. The summed E-state index contributed by atoms with van der Waals surface area (Å²) in [7, 11) is 0. The number of aliphatic hydroxyl groups is 1. The van der Waals surface area contributed by atoms with Crippen LogP contribution in [-0.4, -0.2) is 16.3 Å². The number of aryl methyl sites for hydroxylation is 1. The van der Waals surface area contributed by atoms with Crippen molar-refractivity contribution < 1.29 is 10.2 Å². The van der Waals surface area contributed by atoms with Gasteiger partial charge in [0.1, 0.15) is 5.75 Å². The van der Waals surface area contributed by atoms with E-state index in [4.69, 9.17) is 0 Å². The summed E-state index contributed by atoms with van der Waals surface area (Å²) in [6.07, 6.45) is 5.52. The van der Waals surface area contributed by atoms with Crippen LogP contribution in [0.15, 0.2) is 18.2 Å². The highest BCUT2D eigenvalue weighted by atomic mass is 16.3. The zero-order valence-corrected chi connectivity index (χ0v) is 13.0. The van der Waals surface area contributed by atoms with Crippen molar-refractivity contribution in [1.82, 2.24) is 0 Å². The van der Waals surface area contributed by atoms with Crippen LogP contribution in [0.2, 0.25) is 0 Å². The summed E-state index contributed by atoms with van der Waals surface area (Å²) in [4.78, 5) is 0. The highest BCUT2D eigenvalue weighted by molar-refractivity contribution is 5.40. The largest absolute Gasteiger partial charge is 0.508 e. The first-order chi connectivity index (χ1) is 10.0. The highest BCUT2D eigenvalue weighted by Crippen LogP contribution is 2.62. The minimum absolute atomic E-state index is 0.105. The van der Waals surface area contributed by atoms with Crippen LogP contribution >= 0.6 is 0 Å². The third-order valence-corrected chi connectivity index (χ3v) is 6.95. The molecule has 0 amide bonds. The molecule has 0 spiro atoms. The summed E-state index contributed by atoms with van der Waals surface area (Å²) in [5.74, 6) is 3.03. The van der Waals surface area contributed by atoms with Crippen molar-refractivity contribution in [2.75, 3.05) is 0 Å². The number of phenolic OH excluding ortho intramolecular Hbond substituents is 1. The molecule has 0 aromatic heterocycles. The van der Waals surface area contributed by atoms with Gasteiger partial charge in [-0.3, -0.25) is 0 Å². The normalized spacial score (nSPS) is 44.8. The Kier molecular flexibility index (Phi) is 2.91. The van der Waals surface area contributed by atoms with Gasteiger partial charge >= 0.3 is 0 Å². The highest BCUT2D eigenvalue weighted by Gasteiger charge is 2.56. The van der Waals surface area contributed by atoms with Crippen molar-refractivity contribution in [2.45, 2.75) is 58.0 Å². The fourth-order valence-corrected chi connectivity index (χ4v) is 6.10. The lowest BCUT2D eigenvalue weighted by Gasteiger charge is -2.53. The third kappa shape index (κ3) is 1.81. The zero-order valence-electron chi connectivity index (χ0n) is 13.0. The number of benzene rings is 1. The van der Waals surface area contributed by atoms with Crippen LogP contribution in [0.1, 0.15) is 56.6 Å². The standard InChI is InChI=1S/C19H26O2/c1-11-10-19(2)16(7-8-17(19)21)15-5-3-12-9-13(20)4-6-14(12)18(11)15/h4,6,9,11,15-18,20-21H,3,5,7-8,10H2,1-2H3/t11-,15-,16+,17+,18-,19+/m1/s1. The lowest BCUT2D eigenvalue weighted by Crippen LogP contribution is -2.47. The topological polar surface area (TPSA) is 40.5 Å². The molecule has 4 rings (SSSR count). The molecule has 114 valence electrons. The molecule has 1 aromatic rings. The van der Waals surface area contributed by atoms with Crippen molar-refractivity contribution in [3.05, 3.63) is 29.3 Å². The van der Waals surface area contributed by atoms with Crippen molar-refractivity contribution >= 4 is 0 Å². The van der Waals surface area contributed by atoms with E-state index in [-0.39, 0.29) is 11.5 Å². The second-order valence-electron chi connectivity index (χ2n) is 8.00. The molecule has 3 aliphatic carbocycles. The number of phenols is 1. The molecule has 2 heteroatoms. The predicted molar refractivity (Wildman–Crippen MR) is 83.3 cm³/mol. The number of hydrogen-bond acceptors (Lipinski definition) is 2. The number of fused-ring (bicyclic) bond motifs is 5. The molecule has 0 saturated heterocycles. The van der Waals surface area contributed by atoms with Gasteiger partial charge in [0.2, 0.25) is 0 Å². The van der Waals surface area contributed by atoms with Gasteiger partial charge in [0.15, 0.2) is 0 Å². The zero-order chi connectivity index (χ0) is 14.8. The average molecular weight is 286 g/mol. The Morgan fingerprint density at radius 2 is 2.00 bits per heavy atom. The van der Waals surface area contributed by atoms with E-state index in [1.54, 1.807) is 0 Å². The quantitative estimate of drug-likeness (QED) is 0.760. The Morgan fingerprint density at radius 3 is 2.81 bits per heavy atom. The van der Waals surface area contributed by atoms with Gasteiger partial charge in [-0.1, -0.05) is 19.9 Å². The SMILES string of the molecule is C[C@@H]1C[C@]2(C)[C@@H](O)CC[C@H]2[C@H]2CCc3cc(O)ccc3[C@H]21. The van der Waals surface area contributed by atoms with E-state index in [1.165, 1.54) is 24.0 Å². The van der Waals surface area contributed by atoms with Crippen molar-refractivity contribution in [1.29, 1.82) is 0 Å². The molecule has 1 aromatic carbocycles. The smallest absolute Gasteiger partial charge is 0.115 e. The van der Waals surface area contributed by atoms with Gasteiger partial charge in [-0.25, -0.2) is 0 Å². The van der Waals surface area contributed by atoms with Crippen molar-refractivity contribution in [2.24, 2.45) is 23.2 Å². The van der Waals surface area contributed by atoms with Gasteiger partial charge in [-0.2, -0.15) is 0 Å². The van der Waals surface area contributed by atoms with Crippen molar-refractivity contribution in [3.63, 3.8) is 0 Å². The molecule has 2 nitrogen and oxygen atoms in total. The first-order valence-electron chi connectivity index (χ1n) is 8.50. The Morgan fingerprint density at radius 1 is 1.19 bits per heavy atom. The van der Waals surface area contributed by atoms with E-state index in [0.717, 1.165) is 19.3 Å². The first-order valence-corrected chi connectivity index (χ1v) is 8.50. The first kappa shape index (κ1) is 13.6. The van der Waals surface area contributed by atoms with Gasteiger partial charge in [-0.15, -0.1) is 0 Å². The Hall–Kier alpha value is -1.02. The molecule has 0 aliphatic heterocycles. The fourth-order valence-electron chi connectivity index (χ4n) is 6.10. The maximum atomic E-state index is 10.5. The molecule has 21 heavy (non-hydrogen) atoms. The van der Waals surface area contributed by atoms with Gasteiger partial charge < -0.3 is 10.2 Å². The fraction of sp³-hybridized carbons (Fsp3) is 0.684. The van der Waals surface area contributed by atoms with Gasteiger partial charge in [0, 0.05) is 0 Å². The second kappa shape index (κ2) is 4.49. The predicted octanol–water partition coefficient (Wildman–Crippen LogP) is 3.86. The molecule has 0 bridgehead atoms. The number of aliphatic hydroxyl groups excluding tert-OH is 1. The molecule has 2 saturated carbocycles. The van der Waals surface area contributed by atoms with Crippen LogP contribution in [0.4, 0.5) is 0 Å². The number of rotatable bonds is 0. The summed E-state index contributed by atoms with van der Waals surface area (Å²) in [5, 5.41) is 20.2. The lowest BCUT2D eigenvalue weighted by molar-refractivity contribution is -0.0441. The minimum Gasteiger partial charge on any atom is -0.508 e. The van der Waals surface area contributed by atoms with Crippen LogP contribution in [0.25, 0.3) is 0 Å². The van der Waals surface area contributed by atoms with E-state index >= 15 is 0 Å². The van der Waals surface area contributed by atoms with Crippen LogP contribution in [0.5, 0.6) is 5.75 Å². The maximum absolute atomic E-state index is 10.5. The van der Waals surface area contributed by atoms with Crippen LogP contribution in [0, 0.1) is 23.2 Å². The van der Waals surface area contributed by atoms with E-state index < -0.39 is 0 Å². The van der Waals surface area contributed by atoms with Crippen LogP contribution in [0.3, 0.4) is 0 Å². The van der Waals surface area contributed by atoms with E-state index in [0.29, 0.717) is 29.4 Å². The summed E-state index contributed by atoms with van der Waals surface area (Å²) < 4.78 is 0. The summed E-state index contributed by atoms with van der Waals surface area (Å²) in [6.45, 7) is 4.69. The maximum Gasteiger partial charge on any atom is 0.115 e. The summed E-state index contributed by atoms with van der Waals surface area (Å²) in [6, 6.07) is 5.98. The van der Waals surface area contributed by atoms with Crippen molar-refractivity contribution in [3.8, 4) is 5.75 Å². The van der Waals surface area contributed by atoms with Crippen LogP contribution < -0.4 is 0 Å². The van der Waals surface area contributed by atoms with E-state index in [1.807, 2.05) is 12.1 Å². The Balaban J connectivity index is 1.76. The Labute approximate surface area is 127 Å². The van der Waals surface area contributed by atoms with Gasteiger partial charge in [-0.05, 0) is 84.5 Å². The van der Waals surface area contributed by atoms with Crippen LogP contribution in [-0.2, 0) is 6.42 Å². The molecule has 0 radical (unpaired) electrons. The molecule has 0 unspecified atom stereocenters. The molecule has 6 atom stereocenters. The molecule has 3 aliphatic rings. The Bertz CT molecular complexity index is 567. The van der Waals surface area contributed by atoms with Gasteiger partial charge in [0.05, 0.1) is 6.10 Å². The summed E-state index contributed by atoms with van der Waals surface area (Å²) in [5.41, 5.74) is 2.96. The van der Waals surface area contributed by atoms with E-state index in [9.17, 15) is 10.2 Å². The van der Waals surface area contributed by atoms with Gasteiger partial charge in [0.25, 0.3) is 0 Å². The molecule has 2 fully saturated rings. The molecular weight excluding hydrogens is 260 g/mol. The molecule has 2 N–H and O–H groups in total. The number of hydrogen-bond donors (Lipinski definition) is 2. The molecule has 0 heterocycles. The number of aromatic hydroxyl groups is 1. The minimum atomic E-state index is -0.105. The second-order valence-corrected chi connectivity index (χ2v) is 8.00. The molecular formula is C19H26O2. The summed E-state index contributed by atoms with van der Waals surface area (Å²) >= 11 is 0. The average Bonchev–Trinajstić information content (AvgIpc) is 2.74. The lowest BCUT2D eigenvalue weighted by atomic mass is 9.52. The monoisotopic (exact) mass is 286 g/mol.